The topological polar surface area (TPSA) is 59.5 Å². The molecule has 0 atom stereocenters. The molecule has 0 bridgehead atoms. The predicted octanol–water partition coefficient (Wildman–Crippen LogP) is 1.76. The highest BCUT2D eigenvalue weighted by Gasteiger charge is 2.26. The standard InChI is InChI=1S/C13H20N2O2/c1-15(9-12-3-2-8-17-12)13(16)10-4-6-11(14)7-5-10/h2-3,8,10-11H,4-7,9,14H2,1H3. The van der Waals surface area contributed by atoms with E-state index >= 15 is 0 Å². The maximum Gasteiger partial charge on any atom is 0.225 e. The minimum absolute atomic E-state index is 0.148. The molecule has 4 heteroatoms. The first-order valence-electron chi connectivity index (χ1n) is 6.19. The van der Waals surface area contributed by atoms with Crippen molar-refractivity contribution in [3.05, 3.63) is 24.2 Å². The summed E-state index contributed by atoms with van der Waals surface area (Å²) in [6, 6.07) is 4.02. The summed E-state index contributed by atoms with van der Waals surface area (Å²) >= 11 is 0. The molecule has 2 N–H and O–H groups in total. The Morgan fingerprint density at radius 1 is 1.47 bits per heavy atom. The molecule has 2 rings (SSSR count). The number of nitrogens with two attached hydrogens (primary N) is 1. The van der Waals surface area contributed by atoms with E-state index in [-0.39, 0.29) is 17.9 Å². The van der Waals surface area contributed by atoms with Gasteiger partial charge in [0.2, 0.25) is 5.91 Å². The van der Waals surface area contributed by atoms with Crippen LogP contribution in [0.15, 0.2) is 22.8 Å². The molecule has 1 heterocycles. The van der Waals surface area contributed by atoms with Crippen LogP contribution < -0.4 is 5.73 Å². The summed E-state index contributed by atoms with van der Waals surface area (Å²) in [6.45, 7) is 0.550. The van der Waals surface area contributed by atoms with E-state index in [1.165, 1.54) is 0 Å². The van der Waals surface area contributed by atoms with Crippen LogP contribution in [0.25, 0.3) is 0 Å². The van der Waals surface area contributed by atoms with Gasteiger partial charge in [0.05, 0.1) is 12.8 Å². The summed E-state index contributed by atoms with van der Waals surface area (Å²) in [5.41, 5.74) is 5.84. The van der Waals surface area contributed by atoms with Crippen molar-refractivity contribution in [2.45, 2.75) is 38.3 Å². The van der Waals surface area contributed by atoms with Crippen molar-refractivity contribution in [1.82, 2.24) is 4.90 Å². The average Bonchev–Trinajstić information content (AvgIpc) is 2.82. The lowest BCUT2D eigenvalue weighted by Gasteiger charge is -2.28. The zero-order valence-electron chi connectivity index (χ0n) is 10.3. The van der Waals surface area contributed by atoms with Crippen LogP contribution >= 0.6 is 0 Å². The fraction of sp³-hybridized carbons (Fsp3) is 0.615. The fourth-order valence-electron chi connectivity index (χ4n) is 2.39. The molecule has 1 aliphatic rings. The second-order valence-electron chi connectivity index (χ2n) is 4.89. The van der Waals surface area contributed by atoms with Gasteiger partial charge >= 0.3 is 0 Å². The molecule has 0 radical (unpaired) electrons. The molecule has 0 saturated heterocycles. The maximum atomic E-state index is 12.2. The van der Waals surface area contributed by atoms with Crippen molar-refractivity contribution in [3.8, 4) is 0 Å². The summed E-state index contributed by atoms with van der Waals surface area (Å²) in [5, 5.41) is 0. The number of amides is 1. The zero-order valence-corrected chi connectivity index (χ0v) is 10.3. The van der Waals surface area contributed by atoms with E-state index in [4.69, 9.17) is 10.2 Å². The predicted molar refractivity (Wildman–Crippen MR) is 65.1 cm³/mol. The molecule has 1 fully saturated rings. The summed E-state index contributed by atoms with van der Waals surface area (Å²) in [5.74, 6) is 1.19. The monoisotopic (exact) mass is 236 g/mol. The van der Waals surface area contributed by atoms with Gasteiger partial charge < -0.3 is 15.1 Å². The van der Waals surface area contributed by atoms with E-state index in [0.717, 1.165) is 31.4 Å². The third-order valence-electron chi connectivity index (χ3n) is 3.47. The molecule has 1 aliphatic carbocycles. The van der Waals surface area contributed by atoms with Gasteiger partial charge in [-0.15, -0.1) is 0 Å². The van der Waals surface area contributed by atoms with Crippen molar-refractivity contribution in [2.24, 2.45) is 11.7 Å². The van der Waals surface area contributed by atoms with Gasteiger partial charge in [-0.3, -0.25) is 4.79 Å². The van der Waals surface area contributed by atoms with E-state index < -0.39 is 0 Å². The van der Waals surface area contributed by atoms with E-state index in [1.54, 1.807) is 11.2 Å². The second kappa shape index (κ2) is 5.36. The highest BCUT2D eigenvalue weighted by molar-refractivity contribution is 5.78. The normalized spacial score (nSPS) is 24.6. The average molecular weight is 236 g/mol. The van der Waals surface area contributed by atoms with Crippen LogP contribution in [0.1, 0.15) is 31.4 Å². The number of carbonyl (C=O) groups is 1. The highest BCUT2D eigenvalue weighted by Crippen LogP contribution is 2.25. The summed E-state index contributed by atoms with van der Waals surface area (Å²) in [4.78, 5) is 13.9. The molecule has 1 amide bonds. The van der Waals surface area contributed by atoms with Gasteiger partial charge in [-0.25, -0.2) is 0 Å². The number of nitrogens with zero attached hydrogens (tertiary/aromatic N) is 1. The second-order valence-corrected chi connectivity index (χ2v) is 4.89. The number of hydrogen-bond acceptors (Lipinski definition) is 3. The number of furan rings is 1. The summed E-state index contributed by atoms with van der Waals surface area (Å²) < 4.78 is 5.24. The molecule has 94 valence electrons. The van der Waals surface area contributed by atoms with Crippen molar-refractivity contribution >= 4 is 5.91 Å². The van der Waals surface area contributed by atoms with Crippen molar-refractivity contribution in [1.29, 1.82) is 0 Å². The van der Waals surface area contributed by atoms with Crippen LogP contribution in [0, 0.1) is 5.92 Å². The molecule has 1 saturated carbocycles. The zero-order chi connectivity index (χ0) is 12.3. The van der Waals surface area contributed by atoms with Gasteiger partial charge in [-0.05, 0) is 37.8 Å². The molecule has 0 unspecified atom stereocenters. The molecule has 0 spiro atoms. The van der Waals surface area contributed by atoms with Crippen LogP contribution in [0.3, 0.4) is 0 Å². The minimum Gasteiger partial charge on any atom is -0.467 e. The van der Waals surface area contributed by atoms with E-state index in [1.807, 2.05) is 19.2 Å². The first kappa shape index (κ1) is 12.2. The molecular formula is C13H20N2O2. The van der Waals surface area contributed by atoms with Crippen LogP contribution in [0.5, 0.6) is 0 Å². The first-order chi connectivity index (χ1) is 8.16. The number of carbonyl (C=O) groups excluding carboxylic acids is 1. The maximum absolute atomic E-state index is 12.2. The van der Waals surface area contributed by atoms with Crippen LogP contribution in [-0.4, -0.2) is 23.9 Å². The Labute approximate surface area is 102 Å². The smallest absolute Gasteiger partial charge is 0.225 e. The molecule has 0 aliphatic heterocycles. The van der Waals surface area contributed by atoms with Gasteiger partial charge in [0.1, 0.15) is 5.76 Å². The third-order valence-corrected chi connectivity index (χ3v) is 3.47. The van der Waals surface area contributed by atoms with Gasteiger partial charge in [0.25, 0.3) is 0 Å². The van der Waals surface area contributed by atoms with Crippen LogP contribution in [-0.2, 0) is 11.3 Å². The third kappa shape index (κ3) is 3.09. The Balaban J connectivity index is 1.86. The minimum atomic E-state index is 0.148. The Hall–Kier alpha value is -1.29. The fourth-order valence-corrected chi connectivity index (χ4v) is 2.39. The molecular weight excluding hydrogens is 216 g/mol. The lowest BCUT2D eigenvalue weighted by atomic mass is 9.85. The van der Waals surface area contributed by atoms with Crippen molar-refractivity contribution < 1.29 is 9.21 Å². The van der Waals surface area contributed by atoms with Crippen LogP contribution in [0.2, 0.25) is 0 Å². The largest absolute Gasteiger partial charge is 0.467 e. The van der Waals surface area contributed by atoms with E-state index in [2.05, 4.69) is 0 Å². The SMILES string of the molecule is CN(Cc1ccco1)C(=O)C1CCC(N)CC1. The van der Waals surface area contributed by atoms with Gasteiger partial charge in [-0.2, -0.15) is 0 Å². The lowest BCUT2D eigenvalue weighted by molar-refractivity contribution is -0.136. The van der Waals surface area contributed by atoms with Crippen LogP contribution in [0.4, 0.5) is 0 Å². The molecule has 0 aromatic carbocycles. The Bertz CT molecular complexity index is 354. The molecule has 1 aromatic heterocycles. The van der Waals surface area contributed by atoms with Gasteiger partial charge in [0.15, 0.2) is 0 Å². The van der Waals surface area contributed by atoms with E-state index in [9.17, 15) is 4.79 Å². The van der Waals surface area contributed by atoms with E-state index in [0.29, 0.717) is 6.54 Å². The molecule has 4 nitrogen and oxygen atoms in total. The van der Waals surface area contributed by atoms with Crippen molar-refractivity contribution in [2.75, 3.05) is 7.05 Å². The lowest BCUT2D eigenvalue weighted by Crippen LogP contribution is -2.37. The van der Waals surface area contributed by atoms with Crippen molar-refractivity contribution in [3.63, 3.8) is 0 Å². The molecule has 17 heavy (non-hydrogen) atoms. The Morgan fingerprint density at radius 2 is 2.18 bits per heavy atom. The number of hydrogen-bond donors (Lipinski definition) is 1. The van der Waals surface area contributed by atoms with Gasteiger partial charge in [0, 0.05) is 19.0 Å². The summed E-state index contributed by atoms with van der Waals surface area (Å²) in [7, 11) is 1.83. The number of rotatable bonds is 3. The quantitative estimate of drug-likeness (QED) is 0.869. The molecule has 1 aromatic rings. The van der Waals surface area contributed by atoms with Gasteiger partial charge in [-0.1, -0.05) is 0 Å². The highest BCUT2D eigenvalue weighted by atomic mass is 16.3. The first-order valence-corrected chi connectivity index (χ1v) is 6.19. The Morgan fingerprint density at radius 3 is 2.76 bits per heavy atom. The Kier molecular flexibility index (Phi) is 3.84. The summed E-state index contributed by atoms with van der Waals surface area (Å²) in [6.07, 6.45) is 5.40.